The van der Waals surface area contributed by atoms with E-state index < -0.39 is 13.1 Å². The molecule has 0 radical (unpaired) electrons. The van der Waals surface area contributed by atoms with E-state index in [1.165, 1.54) is 0 Å². The van der Waals surface area contributed by atoms with E-state index in [-0.39, 0.29) is 17.0 Å². The number of carboxylic acids is 1. The van der Waals surface area contributed by atoms with Gasteiger partial charge < -0.3 is 9.67 Å². The minimum absolute atomic E-state index is 0.00134. The van der Waals surface area contributed by atoms with Crippen LogP contribution in [0.2, 0.25) is 0 Å². The fourth-order valence-electron chi connectivity index (χ4n) is 2.08. The van der Waals surface area contributed by atoms with Crippen molar-refractivity contribution < 1.29 is 14.5 Å². The molecule has 0 heterocycles. The summed E-state index contributed by atoms with van der Waals surface area (Å²) in [5.41, 5.74) is 0.110. The molecule has 4 heteroatoms. The highest BCUT2D eigenvalue weighted by molar-refractivity contribution is 7.64. The summed E-state index contributed by atoms with van der Waals surface area (Å²) in [6.45, 7) is 12.1. The summed E-state index contributed by atoms with van der Waals surface area (Å²) < 4.78 is 12.6. The van der Waals surface area contributed by atoms with Gasteiger partial charge in [0.05, 0.1) is 13.6 Å². The Labute approximate surface area is 99.0 Å². The zero-order valence-corrected chi connectivity index (χ0v) is 12.2. The first-order chi connectivity index (χ1) is 6.87. The van der Waals surface area contributed by atoms with Crippen LogP contribution in [-0.2, 0) is 9.36 Å². The second-order valence-electron chi connectivity index (χ2n) is 6.52. The molecule has 16 heavy (non-hydrogen) atoms. The van der Waals surface area contributed by atoms with Gasteiger partial charge in [0.25, 0.3) is 0 Å². The Balaban J connectivity index is 4.71. The van der Waals surface area contributed by atoms with Gasteiger partial charge in [-0.2, -0.15) is 0 Å². The van der Waals surface area contributed by atoms with Crippen molar-refractivity contribution in [3.63, 3.8) is 0 Å². The van der Waals surface area contributed by atoms with Gasteiger partial charge in [0.2, 0.25) is 0 Å². The van der Waals surface area contributed by atoms with Gasteiger partial charge in [0.1, 0.15) is 0 Å². The van der Waals surface area contributed by atoms with Gasteiger partial charge in [-0.25, -0.2) is 0 Å². The van der Waals surface area contributed by atoms with Crippen LogP contribution in [0.3, 0.4) is 0 Å². The van der Waals surface area contributed by atoms with Crippen molar-refractivity contribution >= 4 is 13.1 Å². The molecule has 0 bridgehead atoms. The van der Waals surface area contributed by atoms with Crippen LogP contribution in [0, 0.1) is 5.41 Å². The van der Waals surface area contributed by atoms with Crippen molar-refractivity contribution in [2.45, 2.75) is 52.6 Å². The maximum Gasteiger partial charge on any atom is 0.303 e. The predicted molar refractivity (Wildman–Crippen MR) is 68.8 cm³/mol. The maximum absolute atomic E-state index is 12.6. The molecule has 1 N–H and O–H groups in total. The van der Waals surface area contributed by atoms with Crippen molar-refractivity contribution in [2.24, 2.45) is 5.41 Å². The Hall–Kier alpha value is -0.300. The van der Waals surface area contributed by atoms with Crippen molar-refractivity contribution in [3.8, 4) is 0 Å². The highest BCUT2D eigenvalue weighted by atomic mass is 31.2. The van der Waals surface area contributed by atoms with Gasteiger partial charge in [0.15, 0.2) is 0 Å². The van der Waals surface area contributed by atoms with Crippen LogP contribution in [0.25, 0.3) is 0 Å². The monoisotopic (exact) mass is 248 g/mol. The average Bonchev–Trinajstić information content (AvgIpc) is 1.95. The van der Waals surface area contributed by atoms with Crippen LogP contribution < -0.4 is 0 Å². The predicted octanol–water partition coefficient (Wildman–Crippen LogP) is 3.67. The molecule has 0 aliphatic carbocycles. The molecule has 1 atom stereocenters. The fourth-order valence-corrected chi connectivity index (χ4v) is 4.11. The third-order valence-corrected chi connectivity index (χ3v) is 6.79. The number of rotatable bonds is 5. The summed E-state index contributed by atoms with van der Waals surface area (Å²) in [5, 5.41) is 8.36. The van der Waals surface area contributed by atoms with Gasteiger partial charge in [-0.05, 0) is 18.5 Å². The quantitative estimate of drug-likeness (QED) is 0.755. The molecule has 0 aromatic heterocycles. The van der Waals surface area contributed by atoms with Gasteiger partial charge in [-0.1, -0.05) is 34.6 Å². The Morgan fingerprint density at radius 2 is 1.62 bits per heavy atom. The van der Waals surface area contributed by atoms with Crippen LogP contribution in [0.1, 0.15) is 47.5 Å². The standard InChI is InChI=1S/C12H25O3P/c1-11(2,3)9-12(4,5)16(6,15)8-7-10(13)14/h7-9H2,1-6H3,(H,13,14)/t16-/m1/s1. The van der Waals surface area contributed by atoms with Crippen molar-refractivity contribution in [1.29, 1.82) is 0 Å². The first-order valence-electron chi connectivity index (χ1n) is 5.66. The largest absolute Gasteiger partial charge is 0.481 e. The molecule has 3 nitrogen and oxygen atoms in total. The summed E-state index contributed by atoms with van der Waals surface area (Å²) in [7, 11) is -2.43. The first kappa shape index (κ1) is 15.7. The molecule has 0 unspecified atom stereocenters. The summed E-state index contributed by atoms with van der Waals surface area (Å²) >= 11 is 0. The first-order valence-corrected chi connectivity index (χ1v) is 8.00. The van der Waals surface area contributed by atoms with E-state index in [9.17, 15) is 9.36 Å². The smallest absolute Gasteiger partial charge is 0.303 e. The Kier molecular flexibility index (Phi) is 4.82. The zero-order chi connectivity index (χ0) is 13.2. The second-order valence-corrected chi connectivity index (χ2v) is 10.4. The number of hydrogen-bond acceptors (Lipinski definition) is 2. The SMILES string of the molecule is CC(C)(C)CC(C)(C)[P@](C)(=O)CCC(=O)O. The molecule has 0 spiro atoms. The minimum atomic E-state index is -2.43. The Morgan fingerprint density at radius 3 is 1.94 bits per heavy atom. The van der Waals surface area contributed by atoms with E-state index in [0.29, 0.717) is 6.16 Å². The van der Waals surface area contributed by atoms with E-state index in [0.717, 1.165) is 6.42 Å². The lowest BCUT2D eigenvalue weighted by molar-refractivity contribution is -0.136. The second kappa shape index (κ2) is 4.91. The van der Waals surface area contributed by atoms with Crippen LogP contribution in [0.4, 0.5) is 0 Å². The van der Waals surface area contributed by atoms with Crippen LogP contribution in [0.5, 0.6) is 0 Å². The lowest BCUT2D eigenvalue weighted by Crippen LogP contribution is -2.28. The number of hydrogen-bond donors (Lipinski definition) is 1. The highest BCUT2D eigenvalue weighted by Crippen LogP contribution is 2.58. The fraction of sp³-hybridized carbons (Fsp3) is 0.917. The third kappa shape index (κ3) is 5.16. The van der Waals surface area contributed by atoms with Crippen LogP contribution >= 0.6 is 7.14 Å². The lowest BCUT2D eigenvalue weighted by Gasteiger charge is -2.37. The summed E-state index contributed by atoms with van der Waals surface area (Å²) in [5.74, 6) is -0.867. The van der Waals surface area contributed by atoms with Gasteiger partial charge in [-0.15, -0.1) is 0 Å². The van der Waals surface area contributed by atoms with Crippen molar-refractivity contribution in [2.75, 3.05) is 12.8 Å². The lowest BCUT2D eigenvalue weighted by atomic mass is 9.86. The van der Waals surface area contributed by atoms with Crippen molar-refractivity contribution in [1.82, 2.24) is 0 Å². The number of carbonyl (C=O) groups is 1. The van der Waals surface area contributed by atoms with E-state index in [1.807, 2.05) is 13.8 Å². The zero-order valence-electron chi connectivity index (χ0n) is 11.3. The van der Waals surface area contributed by atoms with E-state index in [2.05, 4.69) is 20.8 Å². The van der Waals surface area contributed by atoms with E-state index in [1.54, 1.807) is 6.66 Å². The van der Waals surface area contributed by atoms with Crippen molar-refractivity contribution in [3.05, 3.63) is 0 Å². The molecule has 0 saturated carbocycles. The summed E-state index contributed by atoms with van der Waals surface area (Å²) in [6, 6.07) is 0. The molecule has 0 amide bonds. The molecule has 0 aliphatic heterocycles. The third-order valence-electron chi connectivity index (χ3n) is 3.00. The number of aliphatic carboxylic acids is 1. The van der Waals surface area contributed by atoms with Crippen LogP contribution in [0.15, 0.2) is 0 Å². The molecule has 0 aliphatic rings. The maximum atomic E-state index is 12.6. The Morgan fingerprint density at radius 1 is 1.19 bits per heavy atom. The normalized spacial score (nSPS) is 16.9. The van der Waals surface area contributed by atoms with Gasteiger partial charge in [0, 0.05) is 11.3 Å². The summed E-state index contributed by atoms with van der Waals surface area (Å²) in [4.78, 5) is 10.5. The molecule has 96 valence electrons. The van der Waals surface area contributed by atoms with E-state index in [4.69, 9.17) is 5.11 Å². The van der Waals surface area contributed by atoms with Crippen LogP contribution in [-0.4, -0.2) is 29.1 Å². The average molecular weight is 248 g/mol. The molecular formula is C12H25O3P. The number of carboxylic acid groups (broad SMARTS) is 1. The molecule has 0 aromatic carbocycles. The van der Waals surface area contributed by atoms with E-state index >= 15 is 0 Å². The molecule has 0 fully saturated rings. The van der Waals surface area contributed by atoms with Gasteiger partial charge in [-0.3, -0.25) is 4.79 Å². The molecular weight excluding hydrogens is 223 g/mol. The Bertz CT molecular complexity index is 300. The molecule has 0 saturated heterocycles. The van der Waals surface area contributed by atoms with Gasteiger partial charge >= 0.3 is 5.97 Å². The minimum Gasteiger partial charge on any atom is -0.481 e. The molecule has 0 rings (SSSR count). The summed E-state index contributed by atoms with van der Waals surface area (Å²) in [6.07, 6.45) is 1.14. The highest BCUT2D eigenvalue weighted by Gasteiger charge is 2.38. The topological polar surface area (TPSA) is 54.4 Å². The molecule has 0 aromatic rings.